The molecular weight excluding hydrogens is 412 g/mol. The molecule has 6 nitrogen and oxygen atoms in total. The molecule has 0 saturated carbocycles. The van der Waals surface area contributed by atoms with Crippen molar-refractivity contribution in [3.05, 3.63) is 59.1 Å². The van der Waals surface area contributed by atoms with Crippen LogP contribution in [0.25, 0.3) is 0 Å². The molecule has 0 heterocycles. The Balaban J connectivity index is 2.00. The largest absolute Gasteiger partial charge is 0.484 e. The van der Waals surface area contributed by atoms with Crippen molar-refractivity contribution in [2.75, 3.05) is 23.7 Å². The maximum Gasteiger partial charge on any atom is 0.257 e. The highest BCUT2D eigenvalue weighted by molar-refractivity contribution is 7.92. The molecule has 29 heavy (non-hydrogen) atoms. The molecular formula is C21H27ClN2O4S. The van der Waals surface area contributed by atoms with E-state index >= 15 is 0 Å². The van der Waals surface area contributed by atoms with Gasteiger partial charge in [-0.15, -0.1) is 0 Å². The molecule has 1 amide bonds. The van der Waals surface area contributed by atoms with Crippen LogP contribution in [0.5, 0.6) is 5.75 Å². The van der Waals surface area contributed by atoms with Crippen LogP contribution in [0.2, 0.25) is 5.02 Å². The van der Waals surface area contributed by atoms with E-state index < -0.39 is 10.0 Å². The molecule has 0 aliphatic rings. The second kappa shape index (κ2) is 11.1. The van der Waals surface area contributed by atoms with Crippen LogP contribution in [0.4, 0.5) is 5.69 Å². The smallest absolute Gasteiger partial charge is 0.257 e. The standard InChI is InChI=1S/C21H27ClN2O4S/c1-3-4-7-14-23-21(25)16-28-19-12-10-18(11-13-19)24(29(2,26)27)15-17-8-5-6-9-20(17)22/h5-6,8-13H,3-4,7,14-16H2,1-2H3,(H,23,25). The van der Waals surface area contributed by atoms with E-state index in [-0.39, 0.29) is 19.1 Å². The van der Waals surface area contributed by atoms with E-state index in [2.05, 4.69) is 12.2 Å². The highest BCUT2D eigenvalue weighted by atomic mass is 35.5. The number of rotatable bonds is 11. The zero-order valence-electron chi connectivity index (χ0n) is 16.7. The lowest BCUT2D eigenvalue weighted by atomic mass is 10.2. The fourth-order valence-electron chi connectivity index (χ4n) is 2.69. The molecule has 0 unspecified atom stereocenters. The minimum absolute atomic E-state index is 0.0825. The second-order valence-corrected chi connectivity index (χ2v) is 9.01. The topological polar surface area (TPSA) is 75.7 Å². The molecule has 0 radical (unpaired) electrons. The van der Waals surface area contributed by atoms with Gasteiger partial charge in [0.2, 0.25) is 10.0 Å². The van der Waals surface area contributed by atoms with Crippen LogP contribution in [0, 0.1) is 0 Å². The molecule has 0 bridgehead atoms. The summed E-state index contributed by atoms with van der Waals surface area (Å²) in [4.78, 5) is 11.8. The first-order valence-electron chi connectivity index (χ1n) is 9.52. The number of hydrogen-bond donors (Lipinski definition) is 1. The number of nitrogens with zero attached hydrogens (tertiary/aromatic N) is 1. The first-order valence-corrected chi connectivity index (χ1v) is 11.7. The van der Waals surface area contributed by atoms with Gasteiger partial charge in [0.15, 0.2) is 6.61 Å². The average molecular weight is 439 g/mol. The Hall–Kier alpha value is -2.25. The molecule has 2 aromatic rings. The Morgan fingerprint density at radius 3 is 2.41 bits per heavy atom. The van der Waals surface area contributed by atoms with Crippen molar-refractivity contribution in [3.63, 3.8) is 0 Å². The molecule has 0 spiro atoms. The molecule has 2 aromatic carbocycles. The SMILES string of the molecule is CCCCCNC(=O)COc1ccc(N(Cc2ccccc2Cl)S(C)(=O)=O)cc1. The van der Waals surface area contributed by atoms with Crippen molar-refractivity contribution in [2.24, 2.45) is 0 Å². The summed E-state index contributed by atoms with van der Waals surface area (Å²) in [7, 11) is -3.52. The number of hydrogen-bond acceptors (Lipinski definition) is 4. The number of sulfonamides is 1. The highest BCUT2D eigenvalue weighted by Gasteiger charge is 2.19. The lowest BCUT2D eigenvalue weighted by Gasteiger charge is -2.23. The minimum Gasteiger partial charge on any atom is -0.484 e. The third kappa shape index (κ3) is 7.59. The Bertz CT molecular complexity index is 901. The number of carbonyl (C=O) groups excluding carboxylic acids is 1. The predicted molar refractivity (Wildman–Crippen MR) is 117 cm³/mol. The number of ether oxygens (including phenoxy) is 1. The summed E-state index contributed by atoms with van der Waals surface area (Å²) in [6.07, 6.45) is 4.27. The molecule has 0 atom stereocenters. The van der Waals surface area contributed by atoms with Crippen LogP contribution in [-0.2, 0) is 21.4 Å². The van der Waals surface area contributed by atoms with Crippen molar-refractivity contribution in [3.8, 4) is 5.75 Å². The molecule has 0 aliphatic heterocycles. The zero-order chi connectivity index (χ0) is 21.3. The molecule has 0 aliphatic carbocycles. The van der Waals surface area contributed by atoms with Crippen molar-refractivity contribution in [1.29, 1.82) is 0 Å². The van der Waals surface area contributed by atoms with Gasteiger partial charge in [-0.25, -0.2) is 8.42 Å². The number of halogens is 1. The molecule has 2 rings (SSSR count). The third-order valence-electron chi connectivity index (χ3n) is 4.27. The van der Waals surface area contributed by atoms with Crippen LogP contribution >= 0.6 is 11.6 Å². The van der Waals surface area contributed by atoms with Crippen molar-refractivity contribution < 1.29 is 17.9 Å². The summed E-state index contributed by atoms with van der Waals surface area (Å²) < 4.78 is 31.3. The average Bonchev–Trinajstić information content (AvgIpc) is 2.69. The summed E-state index contributed by atoms with van der Waals surface area (Å²) in [5, 5.41) is 3.31. The molecule has 0 fully saturated rings. The van der Waals surface area contributed by atoms with Gasteiger partial charge in [-0.05, 0) is 42.3 Å². The van der Waals surface area contributed by atoms with Gasteiger partial charge in [0.05, 0.1) is 18.5 Å². The Labute approximate surface area is 177 Å². The normalized spacial score (nSPS) is 11.1. The number of amides is 1. The lowest BCUT2D eigenvalue weighted by Crippen LogP contribution is -2.30. The van der Waals surface area contributed by atoms with Crippen LogP contribution in [0.1, 0.15) is 31.7 Å². The fourth-order valence-corrected chi connectivity index (χ4v) is 3.77. The van der Waals surface area contributed by atoms with E-state index in [1.807, 2.05) is 6.07 Å². The quantitative estimate of drug-likeness (QED) is 0.538. The van der Waals surface area contributed by atoms with Gasteiger partial charge in [-0.2, -0.15) is 0 Å². The molecule has 158 valence electrons. The zero-order valence-corrected chi connectivity index (χ0v) is 18.3. The summed E-state index contributed by atoms with van der Waals surface area (Å²) in [5.41, 5.74) is 1.20. The van der Waals surface area contributed by atoms with E-state index in [4.69, 9.17) is 16.3 Å². The van der Waals surface area contributed by atoms with Crippen molar-refractivity contribution in [1.82, 2.24) is 5.32 Å². The van der Waals surface area contributed by atoms with Crippen LogP contribution in [-0.4, -0.2) is 33.7 Å². The number of anilines is 1. The van der Waals surface area contributed by atoms with Gasteiger partial charge < -0.3 is 10.1 Å². The van der Waals surface area contributed by atoms with Crippen LogP contribution in [0.3, 0.4) is 0 Å². The van der Waals surface area contributed by atoms with E-state index in [9.17, 15) is 13.2 Å². The second-order valence-electron chi connectivity index (χ2n) is 6.70. The summed E-state index contributed by atoms with van der Waals surface area (Å²) >= 11 is 6.18. The van der Waals surface area contributed by atoms with Crippen molar-refractivity contribution in [2.45, 2.75) is 32.7 Å². The molecule has 1 N–H and O–H groups in total. The third-order valence-corrected chi connectivity index (χ3v) is 5.78. The van der Waals surface area contributed by atoms with Gasteiger partial charge in [0.1, 0.15) is 5.75 Å². The first-order chi connectivity index (χ1) is 13.8. The number of unbranched alkanes of at least 4 members (excludes halogenated alkanes) is 2. The minimum atomic E-state index is -3.52. The number of carbonyl (C=O) groups is 1. The molecule has 8 heteroatoms. The Morgan fingerprint density at radius 1 is 1.10 bits per heavy atom. The Morgan fingerprint density at radius 2 is 1.79 bits per heavy atom. The summed E-state index contributed by atoms with van der Waals surface area (Å²) in [5.74, 6) is 0.310. The number of benzene rings is 2. The first kappa shape index (κ1) is 23.0. The van der Waals surface area contributed by atoms with Gasteiger partial charge in [0, 0.05) is 11.6 Å². The Kier molecular flexibility index (Phi) is 8.79. The van der Waals surface area contributed by atoms with E-state index in [0.29, 0.717) is 28.6 Å². The predicted octanol–water partition coefficient (Wildman–Crippen LogP) is 3.99. The van der Waals surface area contributed by atoms with Gasteiger partial charge in [0.25, 0.3) is 5.91 Å². The highest BCUT2D eigenvalue weighted by Crippen LogP contribution is 2.26. The van der Waals surface area contributed by atoms with Crippen LogP contribution in [0.15, 0.2) is 48.5 Å². The fraction of sp³-hybridized carbons (Fsp3) is 0.381. The van der Waals surface area contributed by atoms with Crippen molar-refractivity contribution >= 4 is 33.2 Å². The lowest BCUT2D eigenvalue weighted by molar-refractivity contribution is -0.123. The van der Waals surface area contributed by atoms with E-state index in [1.165, 1.54) is 4.31 Å². The van der Waals surface area contributed by atoms with Gasteiger partial charge in [-0.3, -0.25) is 9.10 Å². The van der Waals surface area contributed by atoms with Gasteiger partial charge in [-0.1, -0.05) is 49.6 Å². The number of nitrogens with one attached hydrogen (secondary N) is 1. The van der Waals surface area contributed by atoms with Gasteiger partial charge >= 0.3 is 0 Å². The monoisotopic (exact) mass is 438 g/mol. The maximum atomic E-state index is 12.3. The summed E-state index contributed by atoms with van der Waals surface area (Å²) in [6.45, 7) is 2.79. The maximum absolute atomic E-state index is 12.3. The molecule has 0 aromatic heterocycles. The summed E-state index contributed by atoms with van der Waals surface area (Å²) in [6, 6.07) is 13.7. The van der Waals surface area contributed by atoms with E-state index in [0.717, 1.165) is 25.5 Å². The molecule has 0 saturated heterocycles. The van der Waals surface area contributed by atoms with E-state index in [1.54, 1.807) is 42.5 Å². The van der Waals surface area contributed by atoms with Crippen LogP contribution < -0.4 is 14.4 Å².